The third-order valence-corrected chi connectivity index (χ3v) is 4.90. The van der Waals surface area contributed by atoms with Gasteiger partial charge in [0.1, 0.15) is 0 Å². The van der Waals surface area contributed by atoms with Crippen LogP contribution in [0.25, 0.3) is 6.08 Å². The molecule has 2 aromatic rings. The van der Waals surface area contributed by atoms with Gasteiger partial charge in [0, 0.05) is 19.2 Å². The Hall–Kier alpha value is -1.78. The van der Waals surface area contributed by atoms with Gasteiger partial charge in [-0.25, -0.2) is 4.98 Å². The van der Waals surface area contributed by atoms with Crippen LogP contribution >= 0.6 is 23.2 Å². The van der Waals surface area contributed by atoms with E-state index in [-0.39, 0.29) is 11.9 Å². The van der Waals surface area contributed by atoms with Crippen LogP contribution in [0.3, 0.4) is 0 Å². The maximum absolute atomic E-state index is 11.9. The van der Waals surface area contributed by atoms with E-state index in [9.17, 15) is 4.79 Å². The van der Waals surface area contributed by atoms with Crippen LogP contribution in [-0.2, 0) is 11.8 Å². The molecule has 120 valence electrons. The third-order valence-electron chi connectivity index (χ3n) is 4.16. The first-order valence-electron chi connectivity index (χ1n) is 7.43. The Bertz CT molecular complexity index is 748. The second-order valence-corrected chi connectivity index (χ2v) is 6.62. The van der Waals surface area contributed by atoms with Gasteiger partial charge in [-0.3, -0.25) is 4.79 Å². The van der Waals surface area contributed by atoms with Crippen LogP contribution in [-0.4, -0.2) is 21.5 Å². The number of nitrogens with zero attached hydrogens (tertiary/aromatic N) is 2. The minimum absolute atomic E-state index is 0.0798. The maximum atomic E-state index is 11.9. The summed E-state index contributed by atoms with van der Waals surface area (Å²) in [5, 5.41) is 4.16. The second kappa shape index (κ2) is 6.77. The van der Waals surface area contributed by atoms with Crippen molar-refractivity contribution >= 4 is 35.2 Å². The number of imidazole rings is 1. The van der Waals surface area contributed by atoms with Crippen molar-refractivity contribution in [3.63, 3.8) is 0 Å². The molecular formula is C17H17Cl2N3O. The normalized spacial score (nSPS) is 20.5. The van der Waals surface area contributed by atoms with Crippen molar-refractivity contribution in [1.82, 2.24) is 14.9 Å². The highest BCUT2D eigenvalue weighted by atomic mass is 35.5. The smallest absolute Gasteiger partial charge is 0.244 e. The summed E-state index contributed by atoms with van der Waals surface area (Å²) in [6.45, 7) is 0. The lowest BCUT2D eigenvalue weighted by Gasteiger charge is -2.36. The molecule has 4 nitrogen and oxygen atoms in total. The minimum Gasteiger partial charge on any atom is -0.350 e. The van der Waals surface area contributed by atoms with Crippen molar-refractivity contribution in [2.24, 2.45) is 7.05 Å². The second-order valence-electron chi connectivity index (χ2n) is 5.81. The molecule has 1 fully saturated rings. The molecule has 0 aliphatic heterocycles. The van der Waals surface area contributed by atoms with Gasteiger partial charge in [0.05, 0.1) is 28.3 Å². The first kappa shape index (κ1) is 16.1. The summed E-state index contributed by atoms with van der Waals surface area (Å²) in [6, 6.07) is 5.94. The molecule has 6 heteroatoms. The van der Waals surface area contributed by atoms with E-state index in [2.05, 4.69) is 10.3 Å². The number of aromatic nitrogens is 2. The number of hydrogen-bond donors (Lipinski definition) is 1. The summed E-state index contributed by atoms with van der Waals surface area (Å²) in [5.74, 6) is 0.347. The van der Waals surface area contributed by atoms with Crippen LogP contribution in [0.15, 0.2) is 36.8 Å². The lowest BCUT2D eigenvalue weighted by atomic mass is 9.76. The summed E-state index contributed by atoms with van der Waals surface area (Å²) in [4.78, 5) is 15.9. The lowest BCUT2D eigenvalue weighted by Crippen LogP contribution is -2.42. The third kappa shape index (κ3) is 3.77. The molecule has 0 bridgehead atoms. The number of aryl methyl sites for hydroxylation is 1. The summed E-state index contributed by atoms with van der Waals surface area (Å²) < 4.78 is 1.85. The van der Waals surface area contributed by atoms with E-state index < -0.39 is 0 Å². The summed E-state index contributed by atoms with van der Waals surface area (Å²) in [5.41, 5.74) is 2.07. The highest BCUT2D eigenvalue weighted by Crippen LogP contribution is 2.38. The highest BCUT2D eigenvalue weighted by Gasteiger charge is 2.31. The number of benzene rings is 1. The molecule has 0 radical (unpaired) electrons. The Morgan fingerprint density at radius 3 is 2.78 bits per heavy atom. The van der Waals surface area contributed by atoms with Gasteiger partial charge >= 0.3 is 0 Å². The molecule has 0 spiro atoms. The number of nitrogens with one attached hydrogen (secondary N) is 1. The zero-order chi connectivity index (χ0) is 16.4. The average Bonchev–Trinajstić information content (AvgIpc) is 2.89. The first-order chi connectivity index (χ1) is 11.0. The van der Waals surface area contributed by atoms with Crippen molar-refractivity contribution in [3.8, 4) is 0 Å². The maximum Gasteiger partial charge on any atom is 0.244 e. The summed E-state index contributed by atoms with van der Waals surface area (Å²) in [7, 11) is 1.89. The zero-order valence-electron chi connectivity index (χ0n) is 12.7. The van der Waals surface area contributed by atoms with E-state index >= 15 is 0 Å². The van der Waals surface area contributed by atoms with Crippen molar-refractivity contribution < 1.29 is 4.79 Å². The molecule has 0 atom stereocenters. The number of rotatable bonds is 4. The molecule has 1 aromatic heterocycles. The Morgan fingerprint density at radius 2 is 2.13 bits per heavy atom. The fourth-order valence-corrected chi connectivity index (χ4v) is 3.02. The van der Waals surface area contributed by atoms with E-state index in [0.717, 1.165) is 18.5 Å². The van der Waals surface area contributed by atoms with Gasteiger partial charge in [-0.05, 0) is 42.5 Å². The average molecular weight is 350 g/mol. The fraction of sp³-hybridized carbons (Fsp3) is 0.294. The van der Waals surface area contributed by atoms with Gasteiger partial charge in [-0.1, -0.05) is 29.3 Å². The van der Waals surface area contributed by atoms with Crippen molar-refractivity contribution in [1.29, 1.82) is 0 Å². The number of amides is 1. The molecule has 1 N–H and O–H groups in total. The topological polar surface area (TPSA) is 46.9 Å². The lowest BCUT2D eigenvalue weighted by molar-refractivity contribution is -0.117. The van der Waals surface area contributed by atoms with Crippen molar-refractivity contribution in [2.75, 3.05) is 0 Å². The van der Waals surface area contributed by atoms with Crippen molar-refractivity contribution in [3.05, 3.63) is 58.1 Å². The van der Waals surface area contributed by atoms with E-state index in [4.69, 9.17) is 23.2 Å². The minimum atomic E-state index is -0.0798. The standard InChI is InChI=1S/C17H17Cl2N3O/c1-22-10-20-9-14(22)3-5-17(23)21-13-6-12(7-13)11-2-4-15(18)16(19)8-11/h2-5,8-10,12-13H,6-7H2,1H3,(H,21,23)/b5-3+. The van der Waals surface area contributed by atoms with Gasteiger partial charge in [0.15, 0.2) is 0 Å². The predicted molar refractivity (Wildman–Crippen MR) is 92.6 cm³/mol. The van der Waals surface area contributed by atoms with Crippen molar-refractivity contribution in [2.45, 2.75) is 24.8 Å². The molecule has 0 unspecified atom stereocenters. The van der Waals surface area contributed by atoms with Crippen LogP contribution in [0.2, 0.25) is 10.0 Å². The number of halogens is 2. The van der Waals surface area contributed by atoms with E-state index in [1.165, 1.54) is 5.56 Å². The number of carbonyl (C=O) groups excluding carboxylic acids is 1. The van der Waals surface area contributed by atoms with Crippen LogP contribution < -0.4 is 5.32 Å². The molecule has 1 aliphatic carbocycles. The molecular weight excluding hydrogens is 333 g/mol. The number of hydrogen-bond acceptors (Lipinski definition) is 2. The van der Waals surface area contributed by atoms with Crippen LogP contribution in [0.1, 0.15) is 30.0 Å². The molecule has 1 amide bonds. The molecule has 23 heavy (non-hydrogen) atoms. The van der Waals surface area contributed by atoms with Gasteiger partial charge in [-0.15, -0.1) is 0 Å². The van der Waals surface area contributed by atoms with Gasteiger partial charge in [0.25, 0.3) is 0 Å². The molecule has 3 rings (SSSR count). The van der Waals surface area contributed by atoms with Crippen LogP contribution in [0.5, 0.6) is 0 Å². The Labute approximate surface area is 145 Å². The predicted octanol–water partition coefficient (Wildman–Crippen LogP) is 3.80. The number of carbonyl (C=O) groups is 1. The quantitative estimate of drug-likeness (QED) is 0.853. The first-order valence-corrected chi connectivity index (χ1v) is 8.18. The van der Waals surface area contributed by atoms with Gasteiger partial charge in [0.2, 0.25) is 5.91 Å². The monoisotopic (exact) mass is 349 g/mol. The summed E-state index contributed by atoms with van der Waals surface area (Å²) in [6.07, 6.45) is 8.56. The van der Waals surface area contributed by atoms with Crippen LogP contribution in [0, 0.1) is 0 Å². The Morgan fingerprint density at radius 1 is 1.35 bits per heavy atom. The Balaban J connectivity index is 1.50. The van der Waals surface area contributed by atoms with Crippen LogP contribution in [0.4, 0.5) is 0 Å². The fourth-order valence-electron chi connectivity index (χ4n) is 2.71. The molecule has 1 saturated carbocycles. The van der Waals surface area contributed by atoms with E-state index in [1.54, 1.807) is 24.7 Å². The molecule has 1 aromatic carbocycles. The summed E-state index contributed by atoms with van der Waals surface area (Å²) >= 11 is 12.0. The Kier molecular flexibility index (Phi) is 4.74. The zero-order valence-corrected chi connectivity index (χ0v) is 14.2. The van der Waals surface area contributed by atoms with Gasteiger partial charge < -0.3 is 9.88 Å². The SMILES string of the molecule is Cn1cncc1/C=C/C(=O)NC1CC(c2ccc(Cl)c(Cl)c2)C1. The van der Waals surface area contributed by atoms with E-state index in [0.29, 0.717) is 16.0 Å². The molecule has 1 heterocycles. The molecule has 1 aliphatic rings. The molecule has 0 saturated heterocycles. The largest absolute Gasteiger partial charge is 0.350 e. The highest BCUT2D eigenvalue weighted by molar-refractivity contribution is 6.42. The van der Waals surface area contributed by atoms with Gasteiger partial charge in [-0.2, -0.15) is 0 Å². The van der Waals surface area contributed by atoms with E-state index in [1.807, 2.05) is 29.8 Å².